The van der Waals surface area contributed by atoms with E-state index in [1.54, 1.807) is 11.8 Å². The molecular weight excluding hydrogens is 452 g/mol. The second-order valence-corrected chi connectivity index (χ2v) is 9.41. The minimum absolute atomic E-state index is 0.212. The van der Waals surface area contributed by atoms with Crippen molar-refractivity contribution in [2.24, 2.45) is 0 Å². The molecule has 2 rings (SSSR count). The van der Waals surface area contributed by atoms with Crippen LogP contribution in [0.5, 0.6) is 0 Å². The van der Waals surface area contributed by atoms with E-state index in [1.165, 1.54) is 32.1 Å². The van der Waals surface area contributed by atoms with Crippen molar-refractivity contribution in [2.75, 3.05) is 18.1 Å². The number of hydrogen-bond acceptors (Lipinski definition) is 5. The molecule has 1 unspecified atom stereocenters. The van der Waals surface area contributed by atoms with Crippen molar-refractivity contribution in [3.63, 3.8) is 0 Å². The predicted octanol–water partition coefficient (Wildman–Crippen LogP) is 4.56. The van der Waals surface area contributed by atoms with Gasteiger partial charge >= 0.3 is 0 Å². The molecule has 1 saturated heterocycles. The largest absolute Gasteiger partial charge is 0.298 e. The second-order valence-electron chi connectivity index (χ2n) is 7.48. The zero-order chi connectivity index (χ0) is 21.1. The average molecular weight is 483 g/mol. The van der Waals surface area contributed by atoms with Crippen molar-refractivity contribution < 1.29 is 14.4 Å². The normalized spacial score (nSPS) is 16.9. The Hall–Kier alpha value is -1.18. The van der Waals surface area contributed by atoms with E-state index in [-0.39, 0.29) is 17.9 Å². The highest BCUT2D eigenvalue weighted by atomic mass is 79.9. The number of unbranched alkanes of at least 4 members (excludes halogenated alkanes) is 5. The maximum atomic E-state index is 12.2. The first-order valence-electron chi connectivity index (χ1n) is 10.4. The van der Waals surface area contributed by atoms with Gasteiger partial charge in [-0.05, 0) is 43.7 Å². The minimum atomic E-state index is -0.343. The molecule has 1 aromatic rings. The van der Waals surface area contributed by atoms with Crippen molar-refractivity contribution >= 4 is 45.8 Å². The molecule has 7 heteroatoms. The van der Waals surface area contributed by atoms with Crippen LogP contribution in [0.25, 0.3) is 0 Å². The number of rotatable bonds is 13. The van der Waals surface area contributed by atoms with Crippen LogP contribution in [0.4, 0.5) is 0 Å². The third-order valence-corrected chi connectivity index (χ3v) is 6.98. The molecule has 0 aromatic heterocycles. The Morgan fingerprint density at radius 1 is 1.17 bits per heavy atom. The lowest BCUT2D eigenvalue weighted by Crippen LogP contribution is -2.51. The molecule has 5 nitrogen and oxygen atoms in total. The van der Waals surface area contributed by atoms with Crippen LogP contribution < -0.4 is 5.32 Å². The second kappa shape index (κ2) is 13.2. The maximum Gasteiger partial charge on any atom is 0.243 e. The van der Waals surface area contributed by atoms with Gasteiger partial charge in [-0.1, -0.05) is 53.7 Å². The predicted molar refractivity (Wildman–Crippen MR) is 122 cm³/mol. The number of piperidine rings is 1. The molecule has 1 aliphatic heterocycles. The maximum absolute atomic E-state index is 12.2. The Kier molecular flexibility index (Phi) is 11.0. The van der Waals surface area contributed by atoms with Crippen molar-refractivity contribution in [1.82, 2.24) is 10.2 Å². The quantitative estimate of drug-likeness (QED) is 0.147. The molecule has 160 valence electrons. The highest BCUT2D eigenvalue weighted by molar-refractivity contribution is 9.09. The molecule has 0 spiro atoms. The Balaban J connectivity index is 1.92. The lowest BCUT2D eigenvalue weighted by Gasteiger charge is -2.30. The van der Waals surface area contributed by atoms with Gasteiger partial charge in [0.2, 0.25) is 11.8 Å². The standard InChI is InChI=1S/C22H31BrN2O3S/c1-25(19-11-12-21(27)24-22(19)28)15-18-17(16-26)9-8-10-20(18)29-14-7-5-3-2-4-6-13-23/h8-10,16,19H,2-7,11-15H2,1H3,(H,24,27,28). The number of amides is 2. The third-order valence-electron chi connectivity index (χ3n) is 5.23. The van der Waals surface area contributed by atoms with Crippen molar-refractivity contribution in [1.29, 1.82) is 0 Å². The first-order valence-corrected chi connectivity index (χ1v) is 12.5. The van der Waals surface area contributed by atoms with Crippen LogP contribution in [0.2, 0.25) is 0 Å². The fourth-order valence-electron chi connectivity index (χ4n) is 3.55. The summed E-state index contributed by atoms with van der Waals surface area (Å²) >= 11 is 5.25. The van der Waals surface area contributed by atoms with Crippen LogP contribution >= 0.6 is 27.7 Å². The van der Waals surface area contributed by atoms with Crippen LogP contribution in [0, 0.1) is 0 Å². The number of nitrogens with zero attached hydrogens (tertiary/aromatic N) is 1. The number of carbonyl (C=O) groups is 3. The van der Waals surface area contributed by atoms with Crippen molar-refractivity contribution in [3.8, 4) is 0 Å². The number of hydrogen-bond donors (Lipinski definition) is 1. The van der Waals surface area contributed by atoms with Gasteiger partial charge in [0.25, 0.3) is 0 Å². The topological polar surface area (TPSA) is 66.5 Å². The van der Waals surface area contributed by atoms with Gasteiger partial charge in [0.1, 0.15) is 6.29 Å². The van der Waals surface area contributed by atoms with Crippen molar-refractivity contribution in [2.45, 2.75) is 68.8 Å². The van der Waals surface area contributed by atoms with Crippen molar-refractivity contribution in [3.05, 3.63) is 29.3 Å². The number of alkyl halides is 1. The number of halogens is 1. The zero-order valence-electron chi connectivity index (χ0n) is 17.1. The summed E-state index contributed by atoms with van der Waals surface area (Å²) in [6.07, 6.45) is 9.25. The van der Waals surface area contributed by atoms with Gasteiger partial charge in [-0.2, -0.15) is 0 Å². The fraction of sp³-hybridized carbons (Fsp3) is 0.591. The molecule has 0 radical (unpaired) electrons. The van der Waals surface area contributed by atoms with Gasteiger partial charge in [0, 0.05) is 28.8 Å². The fourth-order valence-corrected chi connectivity index (χ4v) is 5.04. The van der Waals surface area contributed by atoms with E-state index in [1.807, 2.05) is 24.1 Å². The smallest absolute Gasteiger partial charge is 0.243 e. The van der Waals surface area contributed by atoms with E-state index in [0.29, 0.717) is 24.9 Å². The van der Waals surface area contributed by atoms with Crippen LogP contribution in [0.3, 0.4) is 0 Å². The van der Waals surface area contributed by atoms with E-state index in [4.69, 9.17) is 0 Å². The van der Waals surface area contributed by atoms with Gasteiger partial charge in [-0.15, -0.1) is 11.8 Å². The molecule has 1 atom stereocenters. The summed E-state index contributed by atoms with van der Waals surface area (Å²) in [5.74, 6) is 0.563. The summed E-state index contributed by atoms with van der Waals surface area (Å²) in [7, 11) is 1.88. The Morgan fingerprint density at radius 3 is 2.59 bits per heavy atom. The average Bonchev–Trinajstić information content (AvgIpc) is 2.70. The molecule has 2 amide bonds. The summed E-state index contributed by atoms with van der Waals surface area (Å²) in [6.45, 7) is 0.510. The van der Waals surface area contributed by atoms with Gasteiger partial charge in [-0.3, -0.25) is 24.6 Å². The van der Waals surface area contributed by atoms with E-state index in [0.717, 1.165) is 34.2 Å². The van der Waals surface area contributed by atoms with Crippen LogP contribution in [-0.4, -0.2) is 47.2 Å². The molecule has 1 N–H and O–H groups in total. The molecule has 1 heterocycles. The number of imide groups is 1. The molecule has 1 fully saturated rings. The van der Waals surface area contributed by atoms with Gasteiger partial charge in [0.15, 0.2) is 0 Å². The van der Waals surface area contributed by atoms with E-state index < -0.39 is 0 Å². The third kappa shape index (κ3) is 7.87. The summed E-state index contributed by atoms with van der Waals surface area (Å²) in [4.78, 5) is 38.2. The minimum Gasteiger partial charge on any atom is -0.298 e. The highest BCUT2D eigenvalue weighted by Crippen LogP contribution is 2.28. The lowest BCUT2D eigenvalue weighted by molar-refractivity contribution is -0.137. The number of aldehydes is 1. The van der Waals surface area contributed by atoms with Crippen LogP contribution in [0.15, 0.2) is 23.1 Å². The van der Waals surface area contributed by atoms with Gasteiger partial charge in [-0.25, -0.2) is 0 Å². The van der Waals surface area contributed by atoms with Gasteiger partial charge in [0.05, 0.1) is 6.04 Å². The molecule has 1 aliphatic rings. The number of nitrogens with one attached hydrogen (secondary N) is 1. The highest BCUT2D eigenvalue weighted by Gasteiger charge is 2.30. The first kappa shape index (κ1) is 24.1. The molecular formula is C22H31BrN2O3S. The van der Waals surface area contributed by atoms with E-state index in [9.17, 15) is 14.4 Å². The summed E-state index contributed by atoms with van der Waals surface area (Å²) in [5.41, 5.74) is 1.64. The number of benzene rings is 1. The number of carbonyl (C=O) groups excluding carboxylic acids is 3. The first-order chi connectivity index (χ1) is 14.1. The SMILES string of the molecule is CN(Cc1c(C=O)cccc1SCCCCCCCCBr)C1CCC(=O)NC1=O. The van der Waals surface area contributed by atoms with E-state index in [2.05, 4.69) is 27.3 Å². The number of likely N-dealkylation sites (N-methyl/N-ethyl adjacent to an activating group) is 1. The molecule has 0 aliphatic carbocycles. The molecule has 0 bridgehead atoms. The van der Waals surface area contributed by atoms with E-state index >= 15 is 0 Å². The number of thioether (sulfide) groups is 1. The molecule has 1 aromatic carbocycles. The zero-order valence-corrected chi connectivity index (χ0v) is 19.5. The summed E-state index contributed by atoms with van der Waals surface area (Å²) < 4.78 is 0. The summed E-state index contributed by atoms with van der Waals surface area (Å²) in [6, 6.07) is 5.46. The molecule has 29 heavy (non-hydrogen) atoms. The Bertz CT molecular complexity index is 699. The van der Waals surface area contributed by atoms with Crippen LogP contribution in [0.1, 0.15) is 67.3 Å². The monoisotopic (exact) mass is 482 g/mol. The summed E-state index contributed by atoms with van der Waals surface area (Å²) in [5, 5.41) is 3.50. The molecule has 0 saturated carbocycles. The lowest BCUT2D eigenvalue weighted by atomic mass is 10.0. The Morgan fingerprint density at radius 2 is 1.90 bits per heavy atom. The Labute approximate surface area is 186 Å². The van der Waals surface area contributed by atoms with Crippen LogP contribution in [-0.2, 0) is 16.1 Å². The van der Waals surface area contributed by atoms with Gasteiger partial charge < -0.3 is 0 Å².